The summed E-state index contributed by atoms with van der Waals surface area (Å²) in [5.41, 5.74) is 12.9. The highest BCUT2D eigenvalue weighted by molar-refractivity contribution is 6.10. The van der Waals surface area contributed by atoms with Crippen LogP contribution in [0.5, 0.6) is 0 Å². The highest BCUT2D eigenvalue weighted by Crippen LogP contribution is 2.40. The summed E-state index contributed by atoms with van der Waals surface area (Å²) >= 11 is 0. The van der Waals surface area contributed by atoms with Gasteiger partial charge in [-0.1, -0.05) is 146 Å². The van der Waals surface area contributed by atoms with Gasteiger partial charge in [-0.15, -0.1) is 0 Å². The molecular weight excluding hydrogens is 705 g/mol. The predicted molar refractivity (Wildman–Crippen MR) is 242 cm³/mol. The first-order chi connectivity index (χ1) is 28.7. The lowest BCUT2D eigenvalue weighted by Gasteiger charge is -2.26. The fourth-order valence-corrected chi connectivity index (χ4v) is 8.40. The number of fused-ring (bicyclic) bond motifs is 5. The minimum absolute atomic E-state index is 0.713. The zero-order valence-electron chi connectivity index (χ0n) is 31.6. The summed E-state index contributed by atoms with van der Waals surface area (Å²) in [6, 6.07) is 77.5. The second-order valence-corrected chi connectivity index (χ2v) is 14.7. The maximum Gasteiger partial charge on any atom is 0.160 e. The Morgan fingerprint density at radius 2 is 0.983 bits per heavy atom. The van der Waals surface area contributed by atoms with Crippen molar-refractivity contribution < 1.29 is 0 Å². The Labute approximate surface area is 336 Å². The molecule has 2 heterocycles. The molecular formula is C54H36N4. The van der Waals surface area contributed by atoms with Gasteiger partial charge in [0.2, 0.25) is 0 Å². The molecule has 0 atom stereocenters. The van der Waals surface area contributed by atoms with Crippen molar-refractivity contribution >= 4 is 60.5 Å². The molecule has 58 heavy (non-hydrogen) atoms. The largest absolute Gasteiger partial charge is 0.310 e. The van der Waals surface area contributed by atoms with E-state index in [0.29, 0.717) is 5.82 Å². The lowest BCUT2D eigenvalue weighted by molar-refractivity contribution is 1.17. The number of hydrogen-bond acceptors (Lipinski definition) is 3. The second kappa shape index (κ2) is 14.0. The first-order valence-corrected chi connectivity index (χ1v) is 19.7. The molecule has 0 aliphatic heterocycles. The predicted octanol–water partition coefficient (Wildman–Crippen LogP) is 14.4. The summed E-state index contributed by atoms with van der Waals surface area (Å²) in [5.74, 6) is 0.713. The van der Waals surface area contributed by atoms with Crippen LogP contribution < -0.4 is 4.90 Å². The third-order valence-electron chi connectivity index (χ3n) is 11.1. The van der Waals surface area contributed by atoms with Crippen molar-refractivity contribution in [1.82, 2.24) is 14.5 Å². The minimum atomic E-state index is 0.713. The molecule has 2 aromatic heterocycles. The van der Waals surface area contributed by atoms with Crippen molar-refractivity contribution in [3.8, 4) is 39.5 Å². The van der Waals surface area contributed by atoms with Crippen LogP contribution in [0, 0.1) is 0 Å². The van der Waals surface area contributed by atoms with E-state index in [4.69, 9.17) is 9.97 Å². The van der Waals surface area contributed by atoms with Crippen LogP contribution in [-0.4, -0.2) is 14.5 Å². The molecule has 11 aromatic rings. The molecule has 0 saturated carbocycles. The fourth-order valence-electron chi connectivity index (χ4n) is 8.40. The second-order valence-electron chi connectivity index (χ2n) is 14.7. The highest BCUT2D eigenvalue weighted by Gasteiger charge is 2.18. The first kappa shape index (κ1) is 33.5. The van der Waals surface area contributed by atoms with Gasteiger partial charge in [-0.05, 0) is 94.7 Å². The van der Waals surface area contributed by atoms with E-state index in [9.17, 15) is 0 Å². The Hall–Kier alpha value is -7.82. The Morgan fingerprint density at radius 1 is 0.345 bits per heavy atom. The highest BCUT2D eigenvalue weighted by atomic mass is 15.1. The third-order valence-corrected chi connectivity index (χ3v) is 11.1. The van der Waals surface area contributed by atoms with E-state index in [-0.39, 0.29) is 0 Å². The van der Waals surface area contributed by atoms with Gasteiger partial charge in [0, 0.05) is 50.0 Å². The maximum absolute atomic E-state index is 5.16. The van der Waals surface area contributed by atoms with Crippen LogP contribution in [0.1, 0.15) is 0 Å². The molecule has 272 valence electrons. The standard InChI is InChI=1S/C54H36N4/c1-3-16-38(17-4-1)53-48-26-9-11-27-50(48)55-54(56-53)42-20-13-19-39(33-42)41-30-32-52-49(35-41)47-25-10-12-28-51(47)58(52)45-24-14-23-44(36-45)57(43-21-5-2-6-22-43)46-31-29-37-15-7-8-18-40(37)34-46/h1-36H. The lowest BCUT2D eigenvalue weighted by atomic mass is 10.00. The quantitative estimate of drug-likeness (QED) is 0.163. The molecule has 0 spiro atoms. The molecule has 0 aliphatic carbocycles. The maximum atomic E-state index is 5.16. The van der Waals surface area contributed by atoms with Gasteiger partial charge in [0.25, 0.3) is 0 Å². The van der Waals surface area contributed by atoms with Crippen molar-refractivity contribution in [2.45, 2.75) is 0 Å². The molecule has 11 rings (SSSR count). The summed E-state index contributed by atoms with van der Waals surface area (Å²) in [7, 11) is 0. The van der Waals surface area contributed by atoms with Gasteiger partial charge in [0.15, 0.2) is 5.82 Å². The van der Waals surface area contributed by atoms with Gasteiger partial charge >= 0.3 is 0 Å². The zero-order chi connectivity index (χ0) is 38.4. The molecule has 0 radical (unpaired) electrons. The molecule has 0 bridgehead atoms. The van der Waals surface area contributed by atoms with Crippen molar-refractivity contribution in [3.63, 3.8) is 0 Å². The fraction of sp³-hybridized carbons (Fsp3) is 0. The Balaban J connectivity index is 1.02. The summed E-state index contributed by atoms with van der Waals surface area (Å²) in [4.78, 5) is 12.5. The minimum Gasteiger partial charge on any atom is -0.310 e. The van der Waals surface area contributed by atoms with Gasteiger partial charge in [0.1, 0.15) is 0 Å². The van der Waals surface area contributed by atoms with Gasteiger partial charge in [-0.25, -0.2) is 9.97 Å². The van der Waals surface area contributed by atoms with E-state index in [0.717, 1.165) is 72.6 Å². The van der Waals surface area contributed by atoms with E-state index in [2.05, 4.69) is 210 Å². The normalized spacial score (nSPS) is 11.4. The van der Waals surface area contributed by atoms with Crippen molar-refractivity contribution in [3.05, 3.63) is 218 Å². The first-order valence-electron chi connectivity index (χ1n) is 19.7. The van der Waals surface area contributed by atoms with Crippen LogP contribution in [-0.2, 0) is 0 Å². The van der Waals surface area contributed by atoms with Crippen LogP contribution in [0.4, 0.5) is 17.1 Å². The number of para-hydroxylation sites is 3. The van der Waals surface area contributed by atoms with E-state index < -0.39 is 0 Å². The molecule has 9 aromatic carbocycles. The zero-order valence-corrected chi connectivity index (χ0v) is 31.6. The van der Waals surface area contributed by atoms with Gasteiger partial charge < -0.3 is 9.47 Å². The lowest BCUT2D eigenvalue weighted by Crippen LogP contribution is -2.10. The topological polar surface area (TPSA) is 34.0 Å². The molecule has 0 saturated heterocycles. The van der Waals surface area contributed by atoms with Crippen molar-refractivity contribution in [2.75, 3.05) is 4.90 Å². The summed E-state index contributed by atoms with van der Waals surface area (Å²) in [6.07, 6.45) is 0. The van der Waals surface area contributed by atoms with E-state index in [1.807, 2.05) is 18.2 Å². The number of aromatic nitrogens is 3. The van der Waals surface area contributed by atoms with Crippen LogP contribution >= 0.6 is 0 Å². The smallest absolute Gasteiger partial charge is 0.160 e. The van der Waals surface area contributed by atoms with E-state index in [1.54, 1.807) is 0 Å². The molecule has 4 nitrogen and oxygen atoms in total. The number of benzene rings is 9. The Kier molecular flexibility index (Phi) is 8.11. The molecule has 0 fully saturated rings. The number of hydrogen-bond donors (Lipinski definition) is 0. The van der Waals surface area contributed by atoms with Gasteiger partial charge in [0.05, 0.1) is 22.2 Å². The SMILES string of the molecule is c1ccc(-c2nc(-c3cccc(-c4ccc5c(c4)c4ccccc4n5-c4cccc(N(c5ccccc5)c5ccc6ccccc6c5)c4)c3)nc3ccccc23)cc1. The van der Waals surface area contributed by atoms with E-state index >= 15 is 0 Å². The molecule has 0 amide bonds. The van der Waals surface area contributed by atoms with E-state index in [1.165, 1.54) is 21.5 Å². The number of anilines is 3. The number of nitrogens with zero attached hydrogens (tertiary/aromatic N) is 4. The van der Waals surface area contributed by atoms with Crippen LogP contribution in [0.2, 0.25) is 0 Å². The Bertz CT molecular complexity index is 3290. The molecule has 0 aliphatic rings. The number of rotatable bonds is 7. The van der Waals surface area contributed by atoms with Crippen LogP contribution in [0.15, 0.2) is 218 Å². The molecule has 0 N–H and O–H groups in total. The van der Waals surface area contributed by atoms with Crippen molar-refractivity contribution in [1.29, 1.82) is 0 Å². The van der Waals surface area contributed by atoms with Crippen LogP contribution in [0.25, 0.3) is 82.9 Å². The molecule has 4 heteroatoms. The van der Waals surface area contributed by atoms with Gasteiger partial charge in [-0.3, -0.25) is 0 Å². The average Bonchev–Trinajstić information content (AvgIpc) is 3.63. The monoisotopic (exact) mass is 740 g/mol. The Morgan fingerprint density at radius 3 is 1.86 bits per heavy atom. The van der Waals surface area contributed by atoms with Gasteiger partial charge in [-0.2, -0.15) is 0 Å². The summed E-state index contributed by atoms with van der Waals surface area (Å²) in [6.45, 7) is 0. The summed E-state index contributed by atoms with van der Waals surface area (Å²) < 4.78 is 2.39. The summed E-state index contributed by atoms with van der Waals surface area (Å²) in [5, 5.41) is 5.89. The van der Waals surface area contributed by atoms with Crippen molar-refractivity contribution in [2.24, 2.45) is 0 Å². The third kappa shape index (κ3) is 5.87. The average molecular weight is 741 g/mol. The van der Waals surface area contributed by atoms with Crippen LogP contribution in [0.3, 0.4) is 0 Å². The molecule has 0 unspecified atom stereocenters.